The highest BCUT2D eigenvalue weighted by Gasteiger charge is 2.33. The van der Waals surface area contributed by atoms with Crippen LogP contribution in [0.5, 0.6) is 0 Å². The van der Waals surface area contributed by atoms with Gasteiger partial charge in [-0.05, 0) is 12.8 Å². The minimum atomic E-state index is -0.308. The van der Waals surface area contributed by atoms with Gasteiger partial charge in [-0.1, -0.05) is 25.6 Å². The first-order valence-electron chi connectivity index (χ1n) is 4.42. The lowest BCUT2D eigenvalue weighted by Gasteiger charge is -2.23. The smallest absolute Gasteiger partial charge is 0.199 e. The fraction of sp³-hybridized carbons (Fsp3) is 0.778. The molecule has 2 nitrogen and oxygen atoms in total. The minimum absolute atomic E-state index is 0.0839. The number of carbonyl (C=O) groups excluding carboxylic acids is 2. The Hall–Kier alpha value is -0.310. The molecule has 0 spiro atoms. The van der Waals surface area contributed by atoms with Gasteiger partial charge >= 0.3 is 0 Å². The van der Waals surface area contributed by atoms with Crippen molar-refractivity contribution in [3.63, 3.8) is 0 Å². The third-order valence-electron chi connectivity index (χ3n) is 2.25. The minimum Gasteiger partial charge on any atom is -0.299 e. The van der Waals surface area contributed by atoms with Gasteiger partial charge in [-0.25, -0.2) is 0 Å². The summed E-state index contributed by atoms with van der Waals surface area (Å²) in [5.41, 5.74) is 0. The van der Waals surface area contributed by atoms with Gasteiger partial charge in [0.05, 0.1) is 5.92 Å². The molecule has 0 amide bonds. The molecule has 3 heteroatoms. The van der Waals surface area contributed by atoms with Crippen LogP contribution in [0.15, 0.2) is 0 Å². The zero-order valence-corrected chi connectivity index (χ0v) is 8.32. The predicted molar refractivity (Wildman–Crippen MR) is 50.1 cm³/mol. The van der Waals surface area contributed by atoms with Crippen molar-refractivity contribution in [3.8, 4) is 0 Å². The van der Waals surface area contributed by atoms with Gasteiger partial charge in [-0.15, -0.1) is 0 Å². The van der Waals surface area contributed by atoms with Gasteiger partial charge in [0.25, 0.3) is 0 Å². The molecule has 0 radical (unpaired) electrons. The van der Waals surface area contributed by atoms with E-state index >= 15 is 0 Å². The highest BCUT2D eigenvalue weighted by Crippen LogP contribution is 2.31. The molecule has 68 valence electrons. The third kappa shape index (κ3) is 1.89. The first-order chi connectivity index (χ1) is 5.69. The molecule has 2 atom stereocenters. The van der Waals surface area contributed by atoms with E-state index in [0.717, 1.165) is 6.42 Å². The van der Waals surface area contributed by atoms with Crippen molar-refractivity contribution >= 4 is 22.7 Å². The quantitative estimate of drug-likeness (QED) is 0.619. The average Bonchev–Trinajstić information content (AvgIpc) is 2.03. The van der Waals surface area contributed by atoms with Crippen LogP contribution in [0.25, 0.3) is 0 Å². The van der Waals surface area contributed by atoms with E-state index in [9.17, 15) is 9.59 Å². The lowest BCUT2D eigenvalue weighted by atomic mass is 9.97. The molecule has 12 heavy (non-hydrogen) atoms. The normalized spacial score (nSPS) is 30.8. The Kier molecular flexibility index (Phi) is 3.32. The third-order valence-corrected chi connectivity index (χ3v) is 3.60. The molecule has 0 aromatic rings. The van der Waals surface area contributed by atoms with Crippen LogP contribution >= 0.6 is 11.8 Å². The second-order valence-electron chi connectivity index (χ2n) is 3.10. The SMILES string of the molecule is CCC1CC(=O)C(CC)C(=O)S1. The van der Waals surface area contributed by atoms with E-state index in [0.29, 0.717) is 12.8 Å². The summed E-state index contributed by atoms with van der Waals surface area (Å²) in [6.07, 6.45) is 2.17. The maximum atomic E-state index is 11.4. The molecule has 2 unspecified atom stereocenters. The summed E-state index contributed by atoms with van der Waals surface area (Å²) in [5.74, 6) is -0.161. The number of carbonyl (C=O) groups is 2. The molecule has 1 heterocycles. The summed E-state index contributed by atoms with van der Waals surface area (Å²) in [5, 5.41) is 0.327. The standard InChI is InChI=1S/C9H14O2S/c1-3-6-5-8(10)7(4-2)9(11)12-6/h6-7H,3-5H2,1-2H3. The van der Waals surface area contributed by atoms with Crippen LogP contribution in [-0.4, -0.2) is 16.1 Å². The Morgan fingerprint density at radius 3 is 2.42 bits per heavy atom. The molecule has 0 aromatic heterocycles. The number of hydrogen-bond acceptors (Lipinski definition) is 3. The number of hydrogen-bond donors (Lipinski definition) is 0. The summed E-state index contributed by atoms with van der Waals surface area (Å²) in [4.78, 5) is 22.7. The Morgan fingerprint density at radius 2 is 2.00 bits per heavy atom. The maximum absolute atomic E-state index is 11.4. The number of thioether (sulfide) groups is 1. The Bertz CT molecular complexity index is 183. The van der Waals surface area contributed by atoms with E-state index in [-0.39, 0.29) is 22.1 Å². The Labute approximate surface area is 77.1 Å². The highest BCUT2D eigenvalue weighted by molar-refractivity contribution is 8.14. The molecule has 0 N–H and O–H groups in total. The van der Waals surface area contributed by atoms with E-state index in [4.69, 9.17) is 0 Å². The summed E-state index contributed by atoms with van der Waals surface area (Å²) in [7, 11) is 0. The summed E-state index contributed by atoms with van der Waals surface area (Å²) in [6.45, 7) is 3.91. The van der Waals surface area contributed by atoms with Crippen molar-refractivity contribution in [3.05, 3.63) is 0 Å². The van der Waals surface area contributed by atoms with Crippen molar-refractivity contribution in [1.82, 2.24) is 0 Å². The van der Waals surface area contributed by atoms with Crippen LogP contribution in [0.2, 0.25) is 0 Å². The first-order valence-corrected chi connectivity index (χ1v) is 5.30. The van der Waals surface area contributed by atoms with E-state index in [1.807, 2.05) is 13.8 Å². The second kappa shape index (κ2) is 4.08. The van der Waals surface area contributed by atoms with Gasteiger partial charge in [-0.3, -0.25) is 9.59 Å². The molecule has 0 bridgehead atoms. The summed E-state index contributed by atoms with van der Waals surface area (Å²) in [6, 6.07) is 0. The van der Waals surface area contributed by atoms with Crippen LogP contribution < -0.4 is 0 Å². The summed E-state index contributed by atoms with van der Waals surface area (Å²) >= 11 is 1.36. The van der Waals surface area contributed by atoms with Crippen molar-refractivity contribution < 1.29 is 9.59 Å². The molecule has 1 fully saturated rings. The van der Waals surface area contributed by atoms with Gasteiger partial charge < -0.3 is 0 Å². The zero-order chi connectivity index (χ0) is 9.14. The van der Waals surface area contributed by atoms with Crippen molar-refractivity contribution in [2.45, 2.75) is 38.4 Å². The van der Waals surface area contributed by atoms with Gasteiger partial charge in [0.2, 0.25) is 0 Å². The monoisotopic (exact) mass is 186 g/mol. The van der Waals surface area contributed by atoms with Crippen LogP contribution in [0, 0.1) is 5.92 Å². The van der Waals surface area contributed by atoms with Crippen molar-refractivity contribution in [1.29, 1.82) is 0 Å². The Morgan fingerprint density at radius 1 is 1.33 bits per heavy atom. The van der Waals surface area contributed by atoms with Gasteiger partial charge in [0.1, 0.15) is 5.78 Å². The van der Waals surface area contributed by atoms with E-state index in [2.05, 4.69) is 0 Å². The first kappa shape index (κ1) is 9.78. The highest BCUT2D eigenvalue weighted by atomic mass is 32.2. The largest absolute Gasteiger partial charge is 0.299 e. The van der Waals surface area contributed by atoms with Gasteiger partial charge in [0.15, 0.2) is 5.12 Å². The molecule has 0 aliphatic carbocycles. The number of Topliss-reactive ketones (excluding diaryl/α,β-unsaturated/α-hetero) is 1. The van der Waals surface area contributed by atoms with Gasteiger partial charge in [0, 0.05) is 11.7 Å². The van der Waals surface area contributed by atoms with Crippen molar-refractivity contribution in [2.75, 3.05) is 0 Å². The lowest BCUT2D eigenvalue weighted by Crippen LogP contribution is -2.31. The molecule has 1 saturated heterocycles. The summed E-state index contributed by atoms with van der Waals surface area (Å²) < 4.78 is 0. The number of rotatable bonds is 2. The maximum Gasteiger partial charge on any atom is 0.199 e. The molecule has 0 saturated carbocycles. The van der Waals surface area contributed by atoms with E-state index in [1.165, 1.54) is 11.8 Å². The topological polar surface area (TPSA) is 34.1 Å². The molecular weight excluding hydrogens is 172 g/mol. The van der Waals surface area contributed by atoms with Crippen LogP contribution in [0.1, 0.15) is 33.1 Å². The second-order valence-corrected chi connectivity index (χ2v) is 4.40. The number of ketones is 1. The molecule has 0 aromatic carbocycles. The van der Waals surface area contributed by atoms with Crippen LogP contribution in [0.4, 0.5) is 0 Å². The van der Waals surface area contributed by atoms with Crippen LogP contribution in [0.3, 0.4) is 0 Å². The fourth-order valence-electron chi connectivity index (χ4n) is 1.41. The van der Waals surface area contributed by atoms with E-state index < -0.39 is 0 Å². The average molecular weight is 186 g/mol. The van der Waals surface area contributed by atoms with Gasteiger partial charge in [-0.2, -0.15) is 0 Å². The molecule has 1 aliphatic rings. The molecule has 1 aliphatic heterocycles. The van der Waals surface area contributed by atoms with E-state index in [1.54, 1.807) is 0 Å². The molecule has 1 rings (SSSR count). The molecular formula is C9H14O2S. The Balaban J connectivity index is 2.63. The lowest BCUT2D eigenvalue weighted by molar-refractivity contribution is -0.129. The van der Waals surface area contributed by atoms with Crippen molar-refractivity contribution in [2.24, 2.45) is 5.92 Å². The fourth-order valence-corrected chi connectivity index (χ4v) is 2.61. The zero-order valence-electron chi connectivity index (χ0n) is 7.50. The predicted octanol–water partition coefficient (Wildman–Crippen LogP) is 2.02. The van der Waals surface area contributed by atoms with Crippen LogP contribution in [-0.2, 0) is 9.59 Å².